The summed E-state index contributed by atoms with van der Waals surface area (Å²) in [5.41, 5.74) is -0.0519. The third-order valence-corrected chi connectivity index (χ3v) is 5.02. The number of carbonyl (C=O) groups excluding carboxylic acids is 2. The maximum Gasteiger partial charge on any atom is 0.339 e. The molecule has 2 amide bonds. The average molecular weight is 466 g/mol. The van der Waals surface area contributed by atoms with E-state index in [9.17, 15) is 18.0 Å². The fourth-order valence-electron chi connectivity index (χ4n) is 2.25. The average Bonchev–Trinajstić information content (AvgIpc) is 2.76. The first kappa shape index (κ1) is 24.3. The molecule has 0 aliphatic rings. The van der Waals surface area contributed by atoms with Crippen LogP contribution in [0.3, 0.4) is 0 Å². The summed E-state index contributed by atoms with van der Waals surface area (Å²) in [6.07, 6.45) is 1.44. The molecule has 0 fully saturated rings. The van der Waals surface area contributed by atoms with Crippen LogP contribution in [-0.4, -0.2) is 77.0 Å². The van der Waals surface area contributed by atoms with Gasteiger partial charge in [0.05, 0.1) is 45.0 Å². The number of sulfonamides is 1. The second-order valence-electron chi connectivity index (χ2n) is 6.22. The van der Waals surface area contributed by atoms with Gasteiger partial charge in [-0.2, -0.15) is 9.97 Å². The van der Waals surface area contributed by atoms with Crippen molar-refractivity contribution in [3.8, 4) is 11.8 Å². The van der Waals surface area contributed by atoms with Gasteiger partial charge in [-0.1, -0.05) is 0 Å². The molecule has 0 saturated heterocycles. The smallest absolute Gasteiger partial charge is 0.339 e. The molecule has 2 aromatic rings. The summed E-state index contributed by atoms with van der Waals surface area (Å²) in [7, 11) is 2.72. The van der Waals surface area contributed by atoms with E-state index >= 15 is 0 Å². The molecule has 172 valence electrons. The zero-order chi connectivity index (χ0) is 23.9. The van der Waals surface area contributed by atoms with Crippen molar-refractivity contribution >= 4 is 40.0 Å². The fraction of sp³-hybridized carbons (Fsp3) is 0.278. The molecule has 0 aliphatic heterocycles. The van der Waals surface area contributed by atoms with Crippen LogP contribution >= 0.6 is 0 Å². The van der Waals surface area contributed by atoms with Gasteiger partial charge in [-0.15, -0.1) is 0 Å². The lowest BCUT2D eigenvalue weighted by Crippen LogP contribution is -2.35. The lowest BCUT2D eigenvalue weighted by Gasteiger charge is -2.12. The zero-order valence-corrected chi connectivity index (χ0v) is 18.8. The maximum absolute atomic E-state index is 12.9. The third-order valence-electron chi connectivity index (χ3n) is 3.65. The number of urea groups is 1. The van der Waals surface area contributed by atoms with Crippen molar-refractivity contribution in [3.05, 3.63) is 29.8 Å². The molecular formula is C18H22N6O7S. The Balaban J connectivity index is 2.36. The Bertz CT molecular complexity index is 1110. The molecule has 13 nitrogen and oxygen atoms in total. The van der Waals surface area contributed by atoms with E-state index < -0.39 is 26.9 Å². The first-order valence-corrected chi connectivity index (χ1v) is 10.3. The number of nitrogens with one attached hydrogen (secondary N) is 2. The lowest BCUT2D eigenvalue weighted by molar-refractivity contribution is 0.0596. The van der Waals surface area contributed by atoms with Crippen molar-refractivity contribution in [1.82, 2.24) is 19.6 Å². The standard InChI is InChI=1S/C18H22N6O7S/c1-24(2)10-19-11-6-7-12(16(25)31-5)13(8-11)32(27,28)23-18(26)22-17-20-14(29-3)9-15(21-17)30-4/h6-10H,1-5H3,(H2,20,21,22,23,26). The maximum atomic E-state index is 12.9. The van der Waals surface area contributed by atoms with Gasteiger partial charge in [0, 0.05) is 14.1 Å². The highest BCUT2D eigenvalue weighted by Gasteiger charge is 2.26. The second kappa shape index (κ2) is 10.4. The van der Waals surface area contributed by atoms with Crippen LogP contribution < -0.4 is 19.5 Å². The van der Waals surface area contributed by atoms with Gasteiger partial charge in [0.2, 0.25) is 17.7 Å². The van der Waals surface area contributed by atoms with Gasteiger partial charge in [0.25, 0.3) is 10.0 Å². The molecule has 1 aromatic heterocycles. The zero-order valence-electron chi connectivity index (χ0n) is 17.9. The van der Waals surface area contributed by atoms with E-state index in [1.54, 1.807) is 23.7 Å². The van der Waals surface area contributed by atoms with Gasteiger partial charge in [-0.3, -0.25) is 5.32 Å². The summed E-state index contributed by atoms with van der Waals surface area (Å²) in [5.74, 6) is -1.02. The normalized spacial score (nSPS) is 11.0. The van der Waals surface area contributed by atoms with Crippen molar-refractivity contribution in [2.75, 3.05) is 40.7 Å². The molecule has 0 spiro atoms. The van der Waals surface area contributed by atoms with Gasteiger partial charge in [0.1, 0.15) is 4.90 Å². The van der Waals surface area contributed by atoms with Crippen LogP contribution in [0.5, 0.6) is 11.8 Å². The fourth-order valence-corrected chi connectivity index (χ4v) is 3.37. The highest BCUT2D eigenvalue weighted by Crippen LogP contribution is 2.24. The van der Waals surface area contributed by atoms with Gasteiger partial charge < -0.3 is 19.1 Å². The minimum Gasteiger partial charge on any atom is -0.481 e. The van der Waals surface area contributed by atoms with E-state index in [0.29, 0.717) is 0 Å². The molecule has 0 saturated carbocycles. The predicted molar refractivity (Wildman–Crippen MR) is 114 cm³/mol. The number of carbonyl (C=O) groups is 2. The monoisotopic (exact) mass is 466 g/mol. The molecule has 0 unspecified atom stereocenters. The Morgan fingerprint density at radius 3 is 2.22 bits per heavy atom. The van der Waals surface area contributed by atoms with E-state index in [4.69, 9.17) is 9.47 Å². The first-order valence-electron chi connectivity index (χ1n) is 8.83. The van der Waals surface area contributed by atoms with E-state index in [2.05, 4.69) is 25.0 Å². The number of amides is 2. The summed E-state index contributed by atoms with van der Waals surface area (Å²) in [4.78, 5) is 37.4. The Kier molecular flexibility index (Phi) is 7.90. The summed E-state index contributed by atoms with van der Waals surface area (Å²) < 4.78 is 42.1. The van der Waals surface area contributed by atoms with Crippen LogP contribution in [0.15, 0.2) is 34.2 Å². The predicted octanol–water partition coefficient (Wildman–Crippen LogP) is 1.01. The molecule has 1 aromatic carbocycles. The summed E-state index contributed by atoms with van der Waals surface area (Å²) >= 11 is 0. The number of nitrogens with zero attached hydrogens (tertiary/aromatic N) is 4. The molecule has 32 heavy (non-hydrogen) atoms. The van der Waals surface area contributed by atoms with Gasteiger partial charge >= 0.3 is 12.0 Å². The largest absolute Gasteiger partial charge is 0.481 e. The van der Waals surface area contributed by atoms with Crippen LogP contribution in [-0.2, 0) is 14.8 Å². The van der Waals surface area contributed by atoms with E-state index in [0.717, 1.165) is 13.2 Å². The minimum atomic E-state index is -4.53. The molecule has 0 bridgehead atoms. The Hall–Kier alpha value is -3.94. The third kappa shape index (κ3) is 6.28. The first-order chi connectivity index (χ1) is 15.1. The van der Waals surface area contributed by atoms with Crippen LogP contribution in [0.4, 0.5) is 16.4 Å². The summed E-state index contributed by atoms with van der Waals surface area (Å²) in [5, 5.41) is 2.17. The Morgan fingerprint density at radius 2 is 1.69 bits per heavy atom. The van der Waals surface area contributed by atoms with Gasteiger partial charge in [0.15, 0.2) is 0 Å². The highest BCUT2D eigenvalue weighted by atomic mass is 32.2. The number of hydrogen-bond donors (Lipinski definition) is 2. The molecular weight excluding hydrogens is 444 g/mol. The van der Waals surface area contributed by atoms with Crippen molar-refractivity contribution in [1.29, 1.82) is 0 Å². The van der Waals surface area contributed by atoms with E-state index in [1.807, 2.05) is 0 Å². The number of benzene rings is 1. The number of hydrogen-bond acceptors (Lipinski definition) is 10. The Morgan fingerprint density at radius 1 is 1.06 bits per heavy atom. The minimum absolute atomic E-state index is 0.0782. The number of ether oxygens (including phenoxy) is 3. The number of methoxy groups -OCH3 is 3. The number of aromatic nitrogens is 2. The lowest BCUT2D eigenvalue weighted by atomic mass is 10.2. The van der Waals surface area contributed by atoms with Gasteiger partial charge in [-0.05, 0) is 18.2 Å². The molecule has 2 N–H and O–H groups in total. The van der Waals surface area contributed by atoms with Crippen LogP contribution in [0.1, 0.15) is 10.4 Å². The number of rotatable bonds is 8. The SMILES string of the molecule is COC(=O)c1ccc(N=CN(C)C)cc1S(=O)(=O)NC(=O)Nc1nc(OC)cc(OC)n1. The molecule has 0 radical (unpaired) electrons. The van der Waals surface area contributed by atoms with Crippen molar-refractivity contribution < 1.29 is 32.2 Å². The molecule has 1 heterocycles. The number of aliphatic imine (C=N–C) groups is 1. The van der Waals surface area contributed by atoms with E-state index in [-0.39, 0.29) is 29.0 Å². The topological polar surface area (TPSA) is 161 Å². The number of anilines is 1. The quantitative estimate of drug-likeness (QED) is 0.326. The van der Waals surface area contributed by atoms with Crippen LogP contribution in [0.2, 0.25) is 0 Å². The highest BCUT2D eigenvalue weighted by molar-refractivity contribution is 7.90. The van der Waals surface area contributed by atoms with Crippen molar-refractivity contribution in [3.63, 3.8) is 0 Å². The van der Waals surface area contributed by atoms with Gasteiger partial charge in [-0.25, -0.2) is 27.7 Å². The Labute approximate surface area is 184 Å². The molecule has 2 rings (SSSR count). The number of esters is 1. The summed E-state index contributed by atoms with van der Waals surface area (Å²) in [6, 6.07) is 3.98. The van der Waals surface area contributed by atoms with Crippen molar-refractivity contribution in [2.24, 2.45) is 4.99 Å². The van der Waals surface area contributed by atoms with Crippen LogP contribution in [0, 0.1) is 0 Å². The van der Waals surface area contributed by atoms with Crippen molar-refractivity contribution in [2.45, 2.75) is 4.90 Å². The molecule has 0 aliphatic carbocycles. The van der Waals surface area contributed by atoms with Crippen LogP contribution in [0.25, 0.3) is 0 Å². The van der Waals surface area contributed by atoms with E-state index in [1.165, 1.54) is 38.8 Å². The summed E-state index contributed by atoms with van der Waals surface area (Å²) in [6.45, 7) is 0. The molecule has 0 atom stereocenters. The second-order valence-corrected chi connectivity index (χ2v) is 7.87. The molecule has 14 heteroatoms.